The van der Waals surface area contributed by atoms with Gasteiger partial charge in [0.1, 0.15) is 0 Å². The summed E-state index contributed by atoms with van der Waals surface area (Å²) in [4.78, 5) is 0. The van der Waals surface area contributed by atoms with E-state index in [0.29, 0.717) is 0 Å². The zero-order valence-electron chi connectivity index (χ0n) is 14.1. The molecule has 0 aliphatic heterocycles. The molecule has 0 heterocycles. The number of benzene rings is 1. The lowest BCUT2D eigenvalue weighted by Crippen LogP contribution is -2.22. The van der Waals surface area contributed by atoms with Crippen LogP contribution in [0.2, 0.25) is 0 Å². The van der Waals surface area contributed by atoms with Crippen molar-refractivity contribution in [2.75, 3.05) is 0 Å². The largest absolute Gasteiger partial charge is 0.416 e. The van der Waals surface area contributed by atoms with Crippen molar-refractivity contribution < 1.29 is 13.2 Å². The van der Waals surface area contributed by atoms with Gasteiger partial charge in [-0.15, -0.1) is 0 Å². The van der Waals surface area contributed by atoms with Crippen LogP contribution in [0.15, 0.2) is 24.3 Å². The number of hydrogen-bond donors (Lipinski definition) is 0. The molecule has 0 N–H and O–H groups in total. The average molecular weight is 314 g/mol. The minimum absolute atomic E-state index is 0.00884. The van der Waals surface area contributed by atoms with Crippen LogP contribution >= 0.6 is 0 Å². The van der Waals surface area contributed by atoms with Crippen LogP contribution in [0, 0.1) is 0 Å². The van der Waals surface area contributed by atoms with Gasteiger partial charge in [-0.05, 0) is 36.0 Å². The lowest BCUT2D eigenvalue weighted by atomic mass is 9.74. The zero-order chi connectivity index (χ0) is 16.6. The summed E-state index contributed by atoms with van der Waals surface area (Å²) in [6, 6.07) is 5.79. The Morgan fingerprint density at radius 2 is 1.27 bits per heavy atom. The highest BCUT2D eigenvalue weighted by Crippen LogP contribution is 2.36. The molecule has 0 saturated heterocycles. The summed E-state index contributed by atoms with van der Waals surface area (Å²) in [5.41, 5.74) is 0.473. The molecule has 0 amide bonds. The van der Waals surface area contributed by atoms with Gasteiger partial charge < -0.3 is 0 Å². The first-order valence-corrected chi connectivity index (χ1v) is 8.51. The molecule has 0 nitrogen and oxygen atoms in total. The Bertz CT molecular complexity index is 419. The van der Waals surface area contributed by atoms with Crippen molar-refractivity contribution in [3.05, 3.63) is 35.4 Å². The first kappa shape index (κ1) is 19.1. The van der Waals surface area contributed by atoms with Gasteiger partial charge in [0, 0.05) is 0 Å². The Morgan fingerprint density at radius 3 is 1.77 bits per heavy atom. The maximum Gasteiger partial charge on any atom is 0.416 e. The fraction of sp³-hybridized carbons (Fsp3) is 0.684. The van der Waals surface area contributed by atoms with Gasteiger partial charge in [0.25, 0.3) is 0 Å². The molecule has 0 aromatic heterocycles. The maximum absolute atomic E-state index is 12.7. The predicted octanol–water partition coefficient (Wildman–Crippen LogP) is 7.12. The quantitative estimate of drug-likeness (QED) is 0.425. The average Bonchev–Trinajstić information content (AvgIpc) is 2.46. The van der Waals surface area contributed by atoms with E-state index in [2.05, 4.69) is 20.8 Å². The summed E-state index contributed by atoms with van der Waals surface area (Å²) < 4.78 is 38.1. The Balaban J connectivity index is 2.75. The number of rotatable bonds is 9. The molecule has 0 fully saturated rings. The van der Waals surface area contributed by atoms with Gasteiger partial charge in [-0.25, -0.2) is 0 Å². The third-order valence-electron chi connectivity index (χ3n) is 4.54. The Morgan fingerprint density at radius 1 is 0.727 bits per heavy atom. The molecule has 0 saturated carbocycles. The SMILES string of the molecule is CCCCCCCC(C)(CCC)c1ccc(C(F)(F)F)cc1. The number of hydrogen-bond acceptors (Lipinski definition) is 0. The topological polar surface area (TPSA) is 0 Å². The van der Waals surface area contributed by atoms with E-state index in [1.807, 2.05) is 0 Å². The van der Waals surface area contributed by atoms with Crippen molar-refractivity contribution in [3.8, 4) is 0 Å². The fourth-order valence-corrected chi connectivity index (χ4v) is 3.15. The normalized spacial score (nSPS) is 14.8. The van der Waals surface area contributed by atoms with Crippen molar-refractivity contribution in [3.63, 3.8) is 0 Å². The van der Waals surface area contributed by atoms with Crippen molar-refractivity contribution in [2.24, 2.45) is 0 Å². The minimum atomic E-state index is -4.25. The Labute approximate surface area is 133 Å². The summed E-state index contributed by atoms with van der Waals surface area (Å²) in [6.45, 7) is 6.53. The maximum atomic E-state index is 12.7. The van der Waals surface area contributed by atoms with Gasteiger partial charge in [-0.2, -0.15) is 13.2 Å². The highest BCUT2D eigenvalue weighted by Gasteiger charge is 2.31. The van der Waals surface area contributed by atoms with Crippen LogP contribution in [0.25, 0.3) is 0 Å². The monoisotopic (exact) mass is 314 g/mol. The molecule has 1 aromatic rings. The van der Waals surface area contributed by atoms with E-state index in [9.17, 15) is 13.2 Å². The van der Waals surface area contributed by atoms with E-state index < -0.39 is 11.7 Å². The van der Waals surface area contributed by atoms with Crippen molar-refractivity contribution >= 4 is 0 Å². The second-order valence-electron chi connectivity index (χ2n) is 6.55. The molecular weight excluding hydrogens is 285 g/mol. The lowest BCUT2D eigenvalue weighted by molar-refractivity contribution is -0.137. The van der Waals surface area contributed by atoms with Gasteiger partial charge in [-0.1, -0.05) is 71.4 Å². The molecule has 3 heteroatoms. The molecule has 1 aromatic carbocycles. The predicted molar refractivity (Wildman–Crippen MR) is 87.1 cm³/mol. The van der Waals surface area contributed by atoms with Gasteiger partial charge in [0.05, 0.1) is 5.56 Å². The molecule has 1 rings (SSSR count). The third-order valence-corrected chi connectivity index (χ3v) is 4.54. The van der Waals surface area contributed by atoms with Crippen molar-refractivity contribution in [1.29, 1.82) is 0 Å². The summed E-state index contributed by atoms with van der Waals surface area (Å²) >= 11 is 0. The molecule has 0 spiro atoms. The van der Waals surface area contributed by atoms with Crippen LogP contribution in [0.4, 0.5) is 13.2 Å². The smallest absolute Gasteiger partial charge is 0.166 e. The summed E-state index contributed by atoms with van der Waals surface area (Å²) in [7, 11) is 0. The standard InChI is InChI=1S/C19H29F3/c1-4-6-7-8-9-15-18(3,14-5-2)16-10-12-17(13-11-16)19(20,21)22/h10-13H,4-9,14-15H2,1-3H3. The van der Waals surface area contributed by atoms with Gasteiger partial charge in [-0.3, -0.25) is 0 Å². The van der Waals surface area contributed by atoms with E-state index >= 15 is 0 Å². The van der Waals surface area contributed by atoms with Gasteiger partial charge in [0.15, 0.2) is 0 Å². The molecule has 22 heavy (non-hydrogen) atoms. The van der Waals surface area contributed by atoms with Crippen LogP contribution in [0.1, 0.15) is 83.3 Å². The van der Waals surface area contributed by atoms with E-state index in [1.165, 1.54) is 37.8 Å². The summed E-state index contributed by atoms with van der Waals surface area (Å²) in [6.07, 6.45) is 4.99. The van der Waals surface area contributed by atoms with Crippen LogP contribution in [0.5, 0.6) is 0 Å². The molecular formula is C19H29F3. The Kier molecular flexibility index (Phi) is 7.44. The third kappa shape index (κ3) is 5.66. The summed E-state index contributed by atoms with van der Waals surface area (Å²) in [5, 5.41) is 0. The molecule has 0 radical (unpaired) electrons. The van der Waals surface area contributed by atoms with Crippen LogP contribution in [-0.2, 0) is 11.6 Å². The highest BCUT2D eigenvalue weighted by atomic mass is 19.4. The zero-order valence-corrected chi connectivity index (χ0v) is 14.1. The van der Waals surface area contributed by atoms with Gasteiger partial charge in [0.2, 0.25) is 0 Å². The second-order valence-corrected chi connectivity index (χ2v) is 6.55. The van der Waals surface area contributed by atoms with Crippen LogP contribution < -0.4 is 0 Å². The van der Waals surface area contributed by atoms with E-state index in [4.69, 9.17) is 0 Å². The molecule has 126 valence electrons. The van der Waals surface area contributed by atoms with Crippen LogP contribution in [0.3, 0.4) is 0 Å². The molecule has 0 aliphatic rings. The van der Waals surface area contributed by atoms with E-state index in [-0.39, 0.29) is 5.41 Å². The fourth-order valence-electron chi connectivity index (χ4n) is 3.15. The first-order chi connectivity index (χ1) is 10.3. The number of unbranched alkanes of at least 4 members (excludes halogenated alkanes) is 4. The Hall–Kier alpha value is -0.990. The van der Waals surface area contributed by atoms with Crippen molar-refractivity contribution in [1.82, 2.24) is 0 Å². The highest BCUT2D eigenvalue weighted by molar-refractivity contribution is 5.30. The molecule has 0 aliphatic carbocycles. The van der Waals surface area contributed by atoms with Crippen LogP contribution in [-0.4, -0.2) is 0 Å². The second kappa shape index (κ2) is 8.59. The van der Waals surface area contributed by atoms with E-state index in [1.54, 1.807) is 12.1 Å². The summed E-state index contributed by atoms with van der Waals surface area (Å²) in [5.74, 6) is 0. The minimum Gasteiger partial charge on any atom is -0.166 e. The molecule has 0 bridgehead atoms. The van der Waals surface area contributed by atoms with Crippen molar-refractivity contribution in [2.45, 2.75) is 83.7 Å². The lowest BCUT2D eigenvalue weighted by Gasteiger charge is -2.30. The molecule has 1 atom stereocenters. The van der Waals surface area contributed by atoms with Gasteiger partial charge >= 0.3 is 6.18 Å². The number of halogens is 3. The number of alkyl halides is 3. The molecule has 1 unspecified atom stereocenters. The first-order valence-electron chi connectivity index (χ1n) is 8.51. The van der Waals surface area contributed by atoms with E-state index in [0.717, 1.165) is 31.2 Å².